The number of amides is 2. The van der Waals surface area contributed by atoms with Crippen LogP contribution in [0.3, 0.4) is 0 Å². The zero-order valence-electron chi connectivity index (χ0n) is 36.7. The van der Waals surface area contributed by atoms with Crippen LogP contribution < -0.4 is 10.6 Å². The smallest absolute Gasteiger partial charge is 0.255 e. The quantitative estimate of drug-likeness (QED) is 0.111. The first kappa shape index (κ1) is 41.8. The van der Waals surface area contributed by atoms with Gasteiger partial charge in [0.25, 0.3) is 11.8 Å². The summed E-state index contributed by atoms with van der Waals surface area (Å²) < 4.78 is 0. The lowest BCUT2D eigenvalue weighted by Gasteiger charge is -2.44. The molecule has 11 heteroatoms. The number of aromatic amines is 1. The Labute approximate surface area is 369 Å². The van der Waals surface area contributed by atoms with E-state index in [0.717, 1.165) is 82.9 Å². The molecule has 11 nitrogen and oxygen atoms in total. The summed E-state index contributed by atoms with van der Waals surface area (Å²) in [6.45, 7) is 13.6. The maximum Gasteiger partial charge on any atom is 0.255 e. The van der Waals surface area contributed by atoms with Crippen LogP contribution in [0, 0.1) is 20.8 Å². The molecule has 63 heavy (non-hydrogen) atoms. The average molecular weight is 838 g/mol. The van der Waals surface area contributed by atoms with Crippen LogP contribution >= 0.6 is 0 Å². The number of hydrogen-bond donors (Lipinski definition) is 3. The van der Waals surface area contributed by atoms with E-state index in [0.29, 0.717) is 35.8 Å². The molecule has 6 heterocycles. The Morgan fingerprint density at radius 3 is 2.10 bits per heavy atom. The highest BCUT2D eigenvalue weighted by Gasteiger charge is 2.36. The third-order valence-corrected chi connectivity index (χ3v) is 13.0. The molecule has 2 amide bonds. The number of nitrogens with one attached hydrogen (secondary N) is 3. The molecule has 0 radical (unpaired) electrons. The summed E-state index contributed by atoms with van der Waals surface area (Å²) in [4.78, 5) is 53.8. The zero-order chi connectivity index (χ0) is 43.6. The first-order valence-electron chi connectivity index (χ1n) is 22.2. The van der Waals surface area contributed by atoms with E-state index >= 15 is 0 Å². The summed E-state index contributed by atoms with van der Waals surface area (Å²) in [5, 5.41) is 7.72. The van der Waals surface area contributed by atoms with Crippen molar-refractivity contribution in [3.05, 3.63) is 161 Å². The average Bonchev–Trinajstić information content (AvgIpc) is 3.73. The van der Waals surface area contributed by atoms with Gasteiger partial charge in [-0.3, -0.25) is 24.5 Å². The van der Waals surface area contributed by atoms with Gasteiger partial charge in [-0.1, -0.05) is 62.4 Å². The van der Waals surface area contributed by atoms with E-state index in [1.807, 2.05) is 103 Å². The molecule has 0 spiro atoms. The SMILES string of the molecule is Cc1cccnc1[C@H]1CCC[C@@H](c2ncccc2C)N1CCNC1CN(C(=O)c2ccc(-c3cc4c(-c5cccc(NC(=O)c6ccc(C(C)C)cc6)c5C)ncnc4[nH]3)cc2)C1. The van der Waals surface area contributed by atoms with Gasteiger partial charge < -0.3 is 20.5 Å². The van der Waals surface area contributed by atoms with Gasteiger partial charge in [-0.05, 0) is 122 Å². The number of anilines is 1. The van der Waals surface area contributed by atoms with Crippen molar-refractivity contribution in [3.63, 3.8) is 0 Å². The third-order valence-electron chi connectivity index (χ3n) is 13.0. The van der Waals surface area contributed by atoms with Crippen molar-refractivity contribution < 1.29 is 9.59 Å². The lowest BCUT2D eigenvalue weighted by Crippen LogP contribution is -2.60. The van der Waals surface area contributed by atoms with Crippen LogP contribution in [0.4, 0.5) is 5.69 Å². The van der Waals surface area contributed by atoms with Crippen LogP contribution in [0.2, 0.25) is 0 Å². The molecule has 7 aromatic rings. The van der Waals surface area contributed by atoms with Crippen molar-refractivity contribution in [2.75, 3.05) is 31.5 Å². The van der Waals surface area contributed by atoms with E-state index in [2.05, 4.69) is 71.4 Å². The van der Waals surface area contributed by atoms with Crippen molar-refractivity contribution in [1.29, 1.82) is 0 Å². The molecule has 0 saturated carbocycles. The lowest BCUT2D eigenvalue weighted by atomic mass is 9.89. The molecular weight excluding hydrogens is 783 g/mol. The third kappa shape index (κ3) is 8.63. The second kappa shape index (κ2) is 18.0. The standard InChI is InChI=1S/C52H55N9O2/c1-32(2)36-16-20-38(21-17-36)51(62)59-43-13-6-12-41(35(43)5)49-42-28-44(58-50(42)57-31-56-49)37-18-22-39(23-19-37)52(63)60-29-40(30-60)53-26-27-61-45(47-33(3)10-8-24-54-47)14-7-15-46(61)48-34(4)11-9-25-55-48/h6,8-13,16-25,28,31-32,40,45-46,53H,7,14-15,26-27,29-30H2,1-5H3,(H,59,62)(H,56,57,58)/t45-,46+. The molecule has 0 unspecified atom stereocenters. The number of carbonyl (C=O) groups is 2. The van der Waals surface area contributed by atoms with Crippen LogP contribution in [0.5, 0.6) is 0 Å². The predicted octanol–water partition coefficient (Wildman–Crippen LogP) is 9.77. The fraction of sp³-hybridized carbons (Fsp3) is 0.308. The summed E-state index contributed by atoms with van der Waals surface area (Å²) in [5.74, 6) is 0.271. The van der Waals surface area contributed by atoms with Gasteiger partial charge in [0.05, 0.1) is 29.2 Å². The molecule has 0 bridgehead atoms. The number of H-pyrrole nitrogens is 1. The number of aryl methyl sites for hydroxylation is 2. The Hall–Kier alpha value is -6.56. The number of pyridine rings is 2. The number of likely N-dealkylation sites (tertiary alicyclic amines) is 2. The van der Waals surface area contributed by atoms with Gasteiger partial charge in [0, 0.05) is 78.1 Å². The topological polar surface area (TPSA) is 132 Å². The largest absolute Gasteiger partial charge is 0.339 e. The Balaban J connectivity index is 0.832. The minimum Gasteiger partial charge on any atom is -0.339 e. The maximum atomic E-state index is 13.6. The molecule has 9 rings (SSSR count). The van der Waals surface area contributed by atoms with Crippen molar-refractivity contribution in [3.8, 4) is 22.5 Å². The number of rotatable bonds is 12. The van der Waals surface area contributed by atoms with Crippen molar-refractivity contribution in [2.24, 2.45) is 0 Å². The van der Waals surface area contributed by atoms with Crippen LogP contribution in [0.1, 0.15) is 105 Å². The molecule has 320 valence electrons. The molecule has 2 fully saturated rings. The predicted molar refractivity (Wildman–Crippen MR) is 250 cm³/mol. The Bertz CT molecular complexity index is 2700. The highest BCUT2D eigenvalue weighted by Crippen LogP contribution is 2.42. The number of hydrogen-bond acceptors (Lipinski definition) is 8. The molecule has 2 saturated heterocycles. The van der Waals surface area contributed by atoms with E-state index in [9.17, 15) is 9.59 Å². The number of aromatic nitrogens is 5. The van der Waals surface area contributed by atoms with Gasteiger partial charge in [0.2, 0.25) is 0 Å². The Kier molecular flexibility index (Phi) is 12.0. The molecule has 2 aliphatic heterocycles. The van der Waals surface area contributed by atoms with E-state index < -0.39 is 0 Å². The fourth-order valence-electron chi connectivity index (χ4n) is 9.34. The fourth-order valence-corrected chi connectivity index (χ4v) is 9.34. The maximum absolute atomic E-state index is 13.6. The minimum absolute atomic E-state index is 0.0341. The molecule has 4 aromatic heterocycles. The highest BCUT2D eigenvalue weighted by molar-refractivity contribution is 6.05. The van der Waals surface area contributed by atoms with Crippen LogP contribution in [0.15, 0.2) is 116 Å². The van der Waals surface area contributed by atoms with E-state index in [1.165, 1.54) is 16.7 Å². The number of nitrogens with zero attached hydrogens (tertiary/aromatic N) is 6. The van der Waals surface area contributed by atoms with Crippen LogP contribution in [-0.4, -0.2) is 78.8 Å². The zero-order valence-corrected chi connectivity index (χ0v) is 36.7. The van der Waals surface area contributed by atoms with E-state index in [-0.39, 0.29) is 29.9 Å². The summed E-state index contributed by atoms with van der Waals surface area (Å²) in [5.41, 5.74) is 13.1. The second-order valence-corrected chi connectivity index (χ2v) is 17.4. The van der Waals surface area contributed by atoms with E-state index in [4.69, 9.17) is 15.0 Å². The summed E-state index contributed by atoms with van der Waals surface area (Å²) in [6, 6.07) is 32.5. The highest BCUT2D eigenvalue weighted by atomic mass is 16.2. The number of fused-ring (bicyclic) bond motifs is 1. The van der Waals surface area contributed by atoms with Crippen LogP contribution in [0.25, 0.3) is 33.5 Å². The monoisotopic (exact) mass is 837 g/mol. The molecular formula is C52H55N9O2. The van der Waals surface area contributed by atoms with Gasteiger partial charge in [-0.2, -0.15) is 0 Å². The van der Waals surface area contributed by atoms with Gasteiger partial charge >= 0.3 is 0 Å². The molecule has 2 atom stereocenters. The first-order chi connectivity index (χ1) is 30.6. The number of benzene rings is 3. The number of carbonyl (C=O) groups excluding carboxylic acids is 2. The summed E-state index contributed by atoms with van der Waals surface area (Å²) in [6.07, 6.45) is 8.67. The van der Waals surface area contributed by atoms with Crippen molar-refractivity contribution >= 4 is 28.5 Å². The van der Waals surface area contributed by atoms with Gasteiger partial charge in [0.15, 0.2) is 0 Å². The molecule has 3 aromatic carbocycles. The Morgan fingerprint density at radius 1 is 0.778 bits per heavy atom. The van der Waals surface area contributed by atoms with Gasteiger partial charge in [-0.15, -0.1) is 0 Å². The minimum atomic E-state index is -0.158. The number of piperidine rings is 1. The van der Waals surface area contributed by atoms with E-state index in [1.54, 1.807) is 6.33 Å². The van der Waals surface area contributed by atoms with Gasteiger partial charge in [-0.25, -0.2) is 9.97 Å². The molecule has 3 N–H and O–H groups in total. The van der Waals surface area contributed by atoms with Crippen molar-refractivity contribution in [1.82, 2.24) is 40.0 Å². The normalized spacial score (nSPS) is 17.0. The molecule has 0 aliphatic carbocycles. The first-order valence-corrected chi connectivity index (χ1v) is 22.2. The summed E-state index contributed by atoms with van der Waals surface area (Å²) >= 11 is 0. The van der Waals surface area contributed by atoms with Crippen molar-refractivity contribution in [2.45, 2.75) is 77.9 Å². The Morgan fingerprint density at radius 2 is 1.44 bits per heavy atom. The van der Waals surface area contributed by atoms with Gasteiger partial charge in [0.1, 0.15) is 12.0 Å². The lowest BCUT2D eigenvalue weighted by molar-refractivity contribution is 0.0527. The van der Waals surface area contributed by atoms with Crippen LogP contribution in [-0.2, 0) is 0 Å². The molecule has 2 aliphatic rings. The second-order valence-electron chi connectivity index (χ2n) is 17.4. The summed E-state index contributed by atoms with van der Waals surface area (Å²) in [7, 11) is 0.